The second-order valence-corrected chi connectivity index (χ2v) is 5.46. The lowest BCUT2D eigenvalue weighted by atomic mass is 10.1. The van der Waals surface area contributed by atoms with Crippen molar-refractivity contribution in [3.05, 3.63) is 65.2 Å². The molecule has 7 heteroatoms. The van der Waals surface area contributed by atoms with Gasteiger partial charge in [0.25, 0.3) is 0 Å². The topological polar surface area (TPSA) is 83.8 Å². The summed E-state index contributed by atoms with van der Waals surface area (Å²) in [6, 6.07) is 16.4. The van der Waals surface area contributed by atoms with Crippen molar-refractivity contribution >= 4 is 44.1 Å². The number of hydrogen-bond donors (Lipinski definition) is 1. The summed E-state index contributed by atoms with van der Waals surface area (Å²) in [4.78, 5) is 14.2. The van der Waals surface area contributed by atoms with E-state index in [9.17, 15) is 13.2 Å². The smallest absolute Gasteiger partial charge is 0.356 e. The summed E-state index contributed by atoms with van der Waals surface area (Å²) in [5.41, 5.74) is 0.0323. The average Bonchev–Trinajstić information content (AvgIpc) is 2.88. The quantitative estimate of drug-likeness (QED) is 0.812. The van der Waals surface area contributed by atoms with Gasteiger partial charge in [-0.25, -0.2) is 9.79 Å². The molecular weight excluding hydrogens is 326 g/mol. The first-order valence-electron chi connectivity index (χ1n) is 6.09. The fraction of sp³-hybridized carbons (Fsp3) is 0. The molecule has 1 aliphatic heterocycles. The van der Waals surface area contributed by atoms with Crippen LogP contribution in [0.1, 0.15) is 5.56 Å². The Hall–Kier alpha value is -2.44. The van der Waals surface area contributed by atoms with E-state index in [-0.39, 0.29) is 10.4 Å². The minimum atomic E-state index is -2.66. The maximum atomic E-state index is 11.0. The highest BCUT2D eigenvalue weighted by atomic mass is 35.5. The van der Waals surface area contributed by atoms with Crippen LogP contribution in [0.25, 0.3) is 0 Å². The van der Waals surface area contributed by atoms with E-state index < -0.39 is 22.0 Å². The van der Waals surface area contributed by atoms with Crippen LogP contribution in [0, 0.1) is 0 Å². The molecule has 0 amide bonds. The Balaban J connectivity index is 0.000000246. The van der Waals surface area contributed by atoms with Crippen molar-refractivity contribution in [3.63, 3.8) is 0 Å². The van der Waals surface area contributed by atoms with Crippen molar-refractivity contribution in [2.75, 3.05) is 0 Å². The highest BCUT2D eigenvalue weighted by Gasteiger charge is 2.29. The lowest BCUT2D eigenvalue weighted by Crippen LogP contribution is -2.21. The van der Waals surface area contributed by atoms with E-state index in [2.05, 4.69) is 4.99 Å². The Bertz CT molecular complexity index is 839. The van der Waals surface area contributed by atoms with E-state index in [4.69, 9.17) is 16.7 Å². The fourth-order valence-corrected chi connectivity index (χ4v) is 2.59. The summed E-state index contributed by atoms with van der Waals surface area (Å²) in [6.45, 7) is 0. The molecule has 1 aliphatic rings. The second kappa shape index (κ2) is 7.02. The monoisotopic (exact) mass is 335 g/mol. The van der Waals surface area contributed by atoms with Gasteiger partial charge < -0.3 is 5.11 Å². The molecule has 0 saturated heterocycles. The second-order valence-electron chi connectivity index (χ2n) is 4.15. The van der Waals surface area contributed by atoms with Gasteiger partial charge in [-0.3, -0.25) is 0 Å². The van der Waals surface area contributed by atoms with Crippen molar-refractivity contribution in [2.45, 2.75) is 0 Å². The minimum Gasteiger partial charge on any atom is -0.476 e. The Labute approximate surface area is 133 Å². The molecule has 0 unspecified atom stereocenters. The normalized spacial score (nSPS) is 11.9. The van der Waals surface area contributed by atoms with E-state index in [0.29, 0.717) is 10.7 Å². The number of nitrogens with zero attached hydrogens (tertiary/aromatic N) is 1. The molecule has 0 saturated carbocycles. The fourth-order valence-electron chi connectivity index (χ4n) is 1.78. The van der Waals surface area contributed by atoms with Crippen molar-refractivity contribution < 1.29 is 18.3 Å². The Morgan fingerprint density at radius 3 is 2.05 bits per heavy atom. The van der Waals surface area contributed by atoms with Crippen LogP contribution in [0.5, 0.6) is 0 Å². The van der Waals surface area contributed by atoms with E-state index in [1.54, 1.807) is 0 Å². The zero-order valence-electron chi connectivity index (χ0n) is 11.1. The Morgan fingerprint density at radius 1 is 1.05 bits per heavy atom. The molecule has 5 nitrogen and oxygen atoms in total. The maximum absolute atomic E-state index is 11.0. The van der Waals surface area contributed by atoms with Gasteiger partial charge in [-0.2, -0.15) is 8.42 Å². The van der Waals surface area contributed by atoms with E-state index >= 15 is 0 Å². The summed E-state index contributed by atoms with van der Waals surface area (Å²) in [7, 11) is -2.66. The van der Waals surface area contributed by atoms with Crippen LogP contribution in [-0.2, 0) is 15.1 Å². The minimum absolute atomic E-state index is 0.221. The average molecular weight is 336 g/mol. The number of benzene rings is 2. The number of aliphatic imine (C=N–C) groups is 1. The molecule has 1 heterocycles. The number of hydrogen-bond acceptors (Lipinski definition) is 4. The molecule has 0 atom stereocenters. The third-order valence-electron chi connectivity index (χ3n) is 2.69. The number of halogens is 1. The molecule has 22 heavy (non-hydrogen) atoms. The number of fused-ring (bicyclic) bond motifs is 1. The Morgan fingerprint density at radius 2 is 1.59 bits per heavy atom. The summed E-state index contributed by atoms with van der Waals surface area (Å²) < 4.78 is 21.9. The first-order chi connectivity index (χ1) is 10.5. The van der Waals surface area contributed by atoms with Crippen molar-refractivity contribution in [3.8, 4) is 0 Å². The lowest BCUT2D eigenvalue weighted by Gasteiger charge is -1.96. The van der Waals surface area contributed by atoms with E-state index in [1.807, 2.05) is 36.4 Å². The summed E-state index contributed by atoms with van der Waals surface area (Å²) >= 11 is 5.71. The number of aliphatic carboxylic acids is 1. The van der Waals surface area contributed by atoms with Gasteiger partial charge >= 0.3 is 5.97 Å². The number of carboxylic acids is 1. The van der Waals surface area contributed by atoms with Gasteiger partial charge in [-0.1, -0.05) is 48.0 Å². The van der Waals surface area contributed by atoms with Crippen LogP contribution in [0.3, 0.4) is 0 Å². The van der Waals surface area contributed by atoms with E-state index in [0.717, 1.165) is 0 Å². The molecule has 2 aromatic rings. The van der Waals surface area contributed by atoms with E-state index in [1.165, 1.54) is 18.2 Å². The lowest BCUT2D eigenvalue weighted by molar-refractivity contribution is -0.129. The summed E-state index contributed by atoms with van der Waals surface area (Å²) in [6.07, 6.45) is 0. The standard InChI is InChI=1S/C9H4ClNO4S.C6H6/c10-4-1-2-6-5(3-4)8(16(14)15)7(11-6)9(12)13;1-2-4-6-5-3-1/h1-3H,(H,12,13);1-6H. The molecule has 0 bridgehead atoms. The molecule has 112 valence electrons. The van der Waals surface area contributed by atoms with Gasteiger partial charge in [0, 0.05) is 10.6 Å². The van der Waals surface area contributed by atoms with Crippen LogP contribution in [0.2, 0.25) is 5.02 Å². The molecular formula is C15H10ClNO4S. The largest absolute Gasteiger partial charge is 0.476 e. The van der Waals surface area contributed by atoms with Crippen LogP contribution >= 0.6 is 11.6 Å². The molecule has 0 radical (unpaired) electrons. The predicted molar refractivity (Wildman–Crippen MR) is 85.7 cm³/mol. The highest BCUT2D eigenvalue weighted by molar-refractivity contribution is 7.75. The highest BCUT2D eigenvalue weighted by Crippen LogP contribution is 2.29. The Kier molecular flexibility index (Phi) is 5.08. The molecule has 3 rings (SSSR count). The molecule has 0 aromatic heterocycles. The van der Waals surface area contributed by atoms with Gasteiger partial charge in [-0.15, -0.1) is 0 Å². The number of rotatable bonds is 1. The molecule has 0 spiro atoms. The number of carbonyl (C=O) groups is 1. The van der Waals surface area contributed by atoms with Crippen molar-refractivity contribution in [2.24, 2.45) is 4.99 Å². The molecule has 0 aliphatic carbocycles. The number of carboxylic acid groups (broad SMARTS) is 1. The van der Waals surface area contributed by atoms with Crippen LogP contribution < -0.4 is 0 Å². The maximum Gasteiger partial charge on any atom is 0.356 e. The zero-order chi connectivity index (χ0) is 16.1. The zero-order valence-corrected chi connectivity index (χ0v) is 12.7. The van der Waals surface area contributed by atoms with Crippen LogP contribution in [0.4, 0.5) is 5.69 Å². The summed E-state index contributed by atoms with van der Waals surface area (Å²) in [5.74, 6) is -1.38. The first-order valence-corrected chi connectivity index (χ1v) is 7.54. The van der Waals surface area contributed by atoms with Gasteiger partial charge in [0.15, 0.2) is 5.71 Å². The van der Waals surface area contributed by atoms with Crippen LogP contribution in [-0.4, -0.2) is 30.1 Å². The third kappa shape index (κ3) is 3.60. The van der Waals surface area contributed by atoms with Gasteiger partial charge in [0.2, 0.25) is 10.3 Å². The summed E-state index contributed by atoms with van der Waals surface area (Å²) in [5, 5.41) is 9.14. The molecule has 1 N–H and O–H groups in total. The first kappa shape index (κ1) is 15.9. The molecule has 0 fully saturated rings. The third-order valence-corrected chi connectivity index (χ3v) is 3.67. The molecule has 2 aromatic carbocycles. The SMILES string of the molecule is O=C(O)C1=Nc2ccc(Cl)cc2C1=S(=O)=O.c1ccccc1. The van der Waals surface area contributed by atoms with Gasteiger partial charge in [0.1, 0.15) is 4.86 Å². The van der Waals surface area contributed by atoms with Gasteiger partial charge in [-0.05, 0) is 18.2 Å². The van der Waals surface area contributed by atoms with Gasteiger partial charge in [0.05, 0.1) is 5.69 Å². The van der Waals surface area contributed by atoms with Crippen molar-refractivity contribution in [1.82, 2.24) is 0 Å². The van der Waals surface area contributed by atoms with Crippen molar-refractivity contribution in [1.29, 1.82) is 0 Å². The predicted octanol–water partition coefficient (Wildman–Crippen LogP) is 2.60. The van der Waals surface area contributed by atoms with Crippen LogP contribution in [0.15, 0.2) is 59.6 Å².